The lowest BCUT2D eigenvalue weighted by Gasteiger charge is -2.07. The Morgan fingerprint density at radius 2 is 1.83 bits per heavy atom. The maximum Gasteiger partial charge on any atom is 0.278 e. The van der Waals surface area contributed by atoms with Gasteiger partial charge < -0.3 is 15.2 Å². The fraction of sp³-hybridized carbons (Fsp3) is 0.0588. The standard InChI is InChI=1S/C17H12FN3O3/c18-12-4-1-10(2-5-12)13-8-16(19)20-21(13)17(22)11-3-6-14-15(7-11)24-9-23-14/h1-8H,9H2,(H2,19,20). The van der Waals surface area contributed by atoms with Crippen molar-refractivity contribution in [2.45, 2.75) is 0 Å². The van der Waals surface area contributed by atoms with Crippen LogP contribution in [0, 0.1) is 5.82 Å². The fourth-order valence-electron chi connectivity index (χ4n) is 2.53. The molecule has 2 aromatic carbocycles. The molecule has 0 radical (unpaired) electrons. The van der Waals surface area contributed by atoms with Crippen LogP contribution >= 0.6 is 0 Å². The third kappa shape index (κ3) is 2.36. The van der Waals surface area contributed by atoms with Crippen molar-refractivity contribution in [1.29, 1.82) is 0 Å². The van der Waals surface area contributed by atoms with E-state index in [-0.39, 0.29) is 24.3 Å². The summed E-state index contributed by atoms with van der Waals surface area (Å²) in [6.07, 6.45) is 0. The van der Waals surface area contributed by atoms with Crippen LogP contribution in [0.3, 0.4) is 0 Å². The predicted octanol–water partition coefficient (Wildman–Crippen LogP) is 2.69. The molecule has 4 rings (SSSR count). The highest BCUT2D eigenvalue weighted by Crippen LogP contribution is 2.33. The highest BCUT2D eigenvalue weighted by Gasteiger charge is 2.20. The van der Waals surface area contributed by atoms with Crippen LogP contribution in [0.5, 0.6) is 11.5 Å². The third-order valence-corrected chi connectivity index (χ3v) is 3.68. The van der Waals surface area contributed by atoms with E-state index >= 15 is 0 Å². The number of anilines is 1. The average molecular weight is 325 g/mol. The van der Waals surface area contributed by atoms with E-state index in [2.05, 4.69) is 5.10 Å². The number of nitrogens with zero attached hydrogens (tertiary/aromatic N) is 2. The van der Waals surface area contributed by atoms with Crippen molar-refractivity contribution in [3.8, 4) is 22.8 Å². The van der Waals surface area contributed by atoms with Gasteiger partial charge in [-0.1, -0.05) is 0 Å². The van der Waals surface area contributed by atoms with Crippen LogP contribution in [0.15, 0.2) is 48.5 Å². The molecule has 0 aliphatic carbocycles. The Morgan fingerprint density at radius 3 is 2.62 bits per heavy atom. The van der Waals surface area contributed by atoms with Gasteiger partial charge in [0.1, 0.15) is 11.6 Å². The van der Waals surface area contributed by atoms with E-state index in [1.54, 1.807) is 36.4 Å². The van der Waals surface area contributed by atoms with Crippen LogP contribution in [0.4, 0.5) is 10.2 Å². The topological polar surface area (TPSA) is 79.4 Å². The minimum absolute atomic E-state index is 0.128. The van der Waals surface area contributed by atoms with Crippen molar-refractivity contribution in [3.05, 3.63) is 59.9 Å². The number of nitrogens with two attached hydrogens (primary N) is 1. The monoisotopic (exact) mass is 325 g/mol. The number of nitrogen functional groups attached to an aromatic ring is 1. The summed E-state index contributed by atoms with van der Waals surface area (Å²) in [5.74, 6) is 0.558. The quantitative estimate of drug-likeness (QED) is 0.783. The first kappa shape index (κ1) is 14.3. The Balaban J connectivity index is 1.76. The largest absolute Gasteiger partial charge is 0.454 e. The number of halogens is 1. The smallest absolute Gasteiger partial charge is 0.278 e. The zero-order valence-corrected chi connectivity index (χ0v) is 12.4. The van der Waals surface area contributed by atoms with E-state index in [9.17, 15) is 9.18 Å². The van der Waals surface area contributed by atoms with Crippen molar-refractivity contribution in [1.82, 2.24) is 9.78 Å². The second-order valence-electron chi connectivity index (χ2n) is 5.25. The zero-order chi connectivity index (χ0) is 16.7. The highest BCUT2D eigenvalue weighted by molar-refractivity contribution is 5.98. The van der Waals surface area contributed by atoms with Gasteiger partial charge in [-0.15, -0.1) is 5.10 Å². The number of hydrogen-bond donors (Lipinski definition) is 1. The van der Waals surface area contributed by atoms with E-state index in [1.165, 1.54) is 16.8 Å². The first-order valence-corrected chi connectivity index (χ1v) is 7.17. The number of ether oxygens (including phenoxy) is 2. The van der Waals surface area contributed by atoms with Crippen LogP contribution in [-0.2, 0) is 0 Å². The molecular formula is C17H12FN3O3. The van der Waals surface area contributed by atoms with E-state index in [4.69, 9.17) is 15.2 Å². The molecule has 0 spiro atoms. The van der Waals surface area contributed by atoms with Gasteiger partial charge in [-0.3, -0.25) is 4.79 Å². The van der Waals surface area contributed by atoms with Crippen molar-refractivity contribution >= 4 is 11.7 Å². The molecule has 3 aromatic rings. The first-order chi connectivity index (χ1) is 11.6. The Morgan fingerprint density at radius 1 is 1.08 bits per heavy atom. The summed E-state index contributed by atoms with van der Waals surface area (Å²) in [6.45, 7) is 0.128. The van der Waals surface area contributed by atoms with Gasteiger partial charge in [0.25, 0.3) is 5.91 Å². The van der Waals surface area contributed by atoms with E-state index in [0.717, 1.165) is 0 Å². The van der Waals surface area contributed by atoms with Crippen LogP contribution < -0.4 is 15.2 Å². The molecule has 2 heterocycles. The SMILES string of the molecule is Nc1cc(-c2ccc(F)cc2)n(C(=O)c2ccc3c(c2)OCO3)n1. The van der Waals surface area contributed by atoms with Gasteiger partial charge in [0, 0.05) is 17.2 Å². The van der Waals surface area contributed by atoms with Crippen LogP contribution in [0.1, 0.15) is 10.4 Å². The van der Waals surface area contributed by atoms with Gasteiger partial charge in [0.05, 0.1) is 5.69 Å². The van der Waals surface area contributed by atoms with E-state index in [0.29, 0.717) is 28.3 Å². The molecule has 6 nitrogen and oxygen atoms in total. The molecule has 0 unspecified atom stereocenters. The Labute approximate surface area is 136 Å². The number of carbonyl (C=O) groups is 1. The fourth-order valence-corrected chi connectivity index (χ4v) is 2.53. The van der Waals surface area contributed by atoms with Crippen LogP contribution in [-0.4, -0.2) is 22.5 Å². The molecule has 0 atom stereocenters. The molecule has 0 saturated carbocycles. The summed E-state index contributed by atoms with van der Waals surface area (Å²) < 4.78 is 24.8. The Kier molecular flexibility index (Phi) is 3.19. The molecule has 120 valence electrons. The number of benzene rings is 2. The number of fused-ring (bicyclic) bond motifs is 1. The molecule has 0 fully saturated rings. The molecule has 0 amide bonds. The van der Waals surface area contributed by atoms with Crippen molar-refractivity contribution in [2.75, 3.05) is 12.5 Å². The predicted molar refractivity (Wildman–Crippen MR) is 84.3 cm³/mol. The molecule has 1 aliphatic heterocycles. The lowest BCUT2D eigenvalue weighted by molar-refractivity contribution is 0.0947. The average Bonchev–Trinajstić information content (AvgIpc) is 3.20. The normalized spacial score (nSPS) is 12.4. The lowest BCUT2D eigenvalue weighted by atomic mass is 10.1. The van der Waals surface area contributed by atoms with Crippen LogP contribution in [0.2, 0.25) is 0 Å². The summed E-state index contributed by atoms with van der Waals surface area (Å²) in [6, 6.07) is 12.2. The molecule has 1 aromatic heterocycles. The maximum absolute atomic E-state index is 13.1. The first-order valence-electron chi connectivity index (χ1n) is 7.17. The van der Waals surface area contributed by atoms with E-state index in [1.807, 2.05) is 0 Å². The molecule has 2 N–H and O–H groups in total. The second kappa shape index (κ2) is 5.38. The van der Waals surface area contributed by atoms with Crippen molar-refractivity contribution in [2.24, 2.45) is 0 Å². The van der Waals surface area contributed by atoms with Crippen LogP contribution in [0.25, 0.3) is 11.3 Å². The molecule has 0 saturated heterocycles. The zero-order valence-electron chi connectivity index (χ0n) is 12.4. The van der Waals surface area contributed by atoms with Crippen molar-refractivity contribution < 1.29 is 18.7 Å². The van der Waals surface area contributed by atoms with Gasteiger partial charge in [-0.2, -0.15) is 4.68 Å². The van der Waals surface area contributed by atoms with Gasteiger partial charge in [-0.05, 0) is 42.5 Å². The second-order valence-corrected chi connectivity index (χ2v) is 5.25. The summed E-state index contributed by atoms with van der Waals surface area (Å²) in [4.78, 5) is 12.8. The maximum atomic E-state index is 13.1. The van der Waals surface area contributed by atoms with Gasteiger partial charge >= 0.3 is 0 Å². The number of carbonyl (C=O) groups excluding carboxylic acids is 1. The molecule has 24 heavy (non-hydrogen) atoms. The summed E-state index contributed by atoms with van der Waals surface area (Å²) in [5.41, 5.74) is 7.25. The van der Waals surface area contributed by atoms with Gasteiger partial charge in [0.2, 0.25) is 6.79 Å². The highest BCUT2D eigenvalue weighted by atomic mass is 19.1. The minimum atomic E-state index is -0.371. The number of rotatable bonds is 2. The lowest BCUT2D eigenvalue weighted by Crippen LogP contribution is -2.15. The van der Waals surface area contributed by atoms with Crippen molar-refractivity contribution in [3.63, 3.8) is 0 Å². The number of hydrogen-bond acceptors (Lipinski definition) is 5. The van der Waals surface area contributed by atoms with Gasteiger partial charge in [-0.25, -0.2) is 4.39 Å². The minimum Gasteiger partial charge on any atom is -0.454 e. The third-order valence-electron chi connectivity index (χ3n) is 3.68. The molecule has 7 heteroatoms. The Bertz CT molecular complexity index is 935. The van der Waals surface area contributed by atoms with Gasteiger partial charge in [0.15, 0.2) is 11.5 Å². The molecular weight excluding hydrogens is 313 g/mol. The molecule has 1 aliphatic rings. The molecule has 0 bridgehead atoms. The summed E-state index contributed by atoms with van der Waals surface area (Å²) >= 11 is 0. The summed E-state index contributed by atoms with van der Waals surface area (Å²) in [7, 11) is 0. The number of aromatic nitrogens is 2. The Hall–Kier alpha value is -3.35. The van der Waals surface area contributed by atoms with E-state index < -0.39 is 0 Å². The summed E-state index contributed by atoms with van der Waals surface area (Å²) in [5, 5.41) is 4.06.